The molecule has 0 saturated carbocycles. The number of β-lactam (4-membered cyclic amide) rings is 1. The summed E-state index contributed by atoms with van der Waals surface area (Å²) >= 11 is 1.31. The predicted molar refractivity (Wildman–Crippen MR) is 84.3 cm³/mol. The van der Waals surface area contributed by atoms with E-state index in [9.17, 15) is 24.6 Å². The van der Waals surface area contributed by atoms with Gasteiger partial charge in [0.25, 0.3) is 5.91 Å². The maximum absolute atomic E-state index is 12.3. The van der Waals surface area contributed by atoms with E-state index in [2.05, 4.69) is 5.32 Å². The van der Waals surface area contributed by atoms with Gasteiger partial charge >= 0.3 is 29.6 Å². The van der Waals surface area contributed by atoms with Crippen LogP contribution in [0.25, 0.3) is 0 Å². The van der Waals surface area contributed by atoms with Crippen molar-refractivity contribution in [3.63, 3.8) is 0 Å². The summed E-state index contributed by atoms with van der Waals surface area (Å²) in [5.41, 5.74) is 0.797. The van der Waals surface area contributed by atoms with Crippen LogP contribution in [0.4, 0.5) is 0 Å². The van der Waals surface area contributed by atoms with Gasteiger partial charge < -0.3 is 20.3 Å². The molecule has 1 fully saturated rings. The van der Waals surface area contributed by atoms with Gasteiger partial charge in [-0.1, -0.05) is 30.3 Å². The number of hydrogen-bond acceptors (Lipinski definition) is 6. The Hall–Kier alpha value is -1.32. The van der Waals surface area contributed by atoms with Crippen molar-refractivity contribution in [3.05, 3.63) is 47.2 Å². The van der Waals surface area contributed by atoms with Crippen LogP contribution in [-0.4, -0.2) is 51.6 Å². The summed E-state index contributed by atoms with van der Waals surface area (Å²) in [6.07, 6.45) is 0.146. The van der Waals surface area contributed by atoms with Crippen LogP contribution in [-0.2, 0) is 20.8 Å². The average Bonchev–Trinajstić information content (AvgIpc) is 2.58. The molecule has 3 rings (SSSR count). The number of carbonyl (C=O) groups is 3. The van der Waals surface area contributed by atoms with Gasteiger partial charge in [0.05, 0.1) is 24.7 Å². The maximum atomic E-state index is 12.3. The van der Waals surface area contributed by atoms with Crippen molar-refractivity contribution < 1.29 is 54.2 Å². The normalized spacial score (nSPS) is 21.8. The van der Waals surface area contributed by atoms with Crippen LogP contribution in [0.2, 0.25) is 0 Å². The second-order valence-electron chi connectivity index (χ2n) is 5.52. The molecule has 2 amide bonds. The fraction of sp³-hybridized carbons (Fsp3) is 0.312. The molecule has 1 aromatic rings. The summed E-state index contributed by atoms with van der Waals surface area (Å²) in [7, 11) is 0. The minimum Gasteiger partial charge on any atom is -0.543 e. The molecule has 0 spiro atoms. The van der Waals surface area contributed by atoms with Gasteiger partial charge in [-0.3, -0.25) is 14.5 Å². The fourth-order valence-corrected chi connectivity index (χ4v) is 4.13. The number of carbonyl (C=O) groups excluding carboxylic acids is 3. The number of nitrogens with zero attached hydrogens (tertiary/aromatic N) is 1. The first-order valence-corrected chi connectivity index (χ1v) is 8.40. The quantitative estimate of drug-likeness (QED) is 0.400. The van der Waals surface area contributed by atoms with Gasteiger partial charge in [-0.25, -0.2) is 0 Å². The first kappa shape index (κ1) is 20.0. The Morgan fingerprint density at radius 1 is 1.32 bits per heavy atom. The van der Waals surface area contributed by atoms with Crippen LogP contribution in [0.5, 0.6) is 0 Å². The molecular weight excluding hydrogens is 355 g/mol. The van der Waals surface area contributed by atoms with Crippen LogP contribution in [0.1, 0.15) is 5.56 Å². The van der Waals surface area contributed by atoms with Crippen LogP contribution >= 0.6 is 11.8 Å². The van der Waals surface area contributed by atoms with E-state index in [1.54, 1.807) is 0 Å². The Morgan fingerprint density at radius 2 is 2.00 bits per heavy atom. The molecule has 9 heteroatoms. The van der Waals surface area contributed by atoms with E-state index >= 15 is 0 Å². The number of nitrogens with one attached hydrogen (secondary N) is 1. The number of hydrogen-bond donors (Lipinski definition) is 2. The molecule has 1 unspecified atom stereocenters. The van der Waals surface area contributed by atoms with E-state index in [1.165, 1.54) is 11.8 Å². The molecule has 0 aliphatic carbocycles. The van der Waals surface area contributed by atoms with Gasteiger partial charge in [0.15, 0.2) is 0 Å². The number of carboxylic acid groups (broad SMARTS) is 1. The molecule has 0 aromatic heterocycles. The Bertz CT molecular complexity index is 724. The molecule has 126 valence electrons. The third-order valence-corrected chi connectivity index (χ3v) is 5.30. The van der Waals surface area contributed by atoms with Crippen molar-refractivity contribution in [3.8, 4) is 0 Å². The number of carboxylic acids is 1. The molecule has 2 atom stereocenters. The number of aliphatic hydroxyl groups excluding tert-OH is 1. The topological polar surface area (TPSA) is 110 Å². The smallest absolute Gasteiger partial charge is 0.543 e. The van der Waals surface area contributed by atoms with Crippen molar-refractivity contribution >= 4 is 29.5 Å². The summed E-state index contributed by atoms with van der Waals surface area (Å²) in [4.78, 5) is 36.7. The van der Waals surface area contributed by atoms with Crippen molar-refractivity contribution in [2.24, 2.45) is 0 Å². The van der Waals surface area contributed by atoms with Gasteiger partial charge in [0.2, 0.25) is 5.91 Å². The van der Waals surface area contributed by atoms with Gasteiger partial charge in [-0.05, 0) is 11.1 Å². The van der Waals surface area contributed by atoms with Crippen molar-refractivity contribution in [2.45, 2.75) is 17.8 Å². The summed E-state index contributed by atoms with van der Waals surface area (Å²) in [5.74, 6) is -2.02. The second kappa shape index (κ2) is 8.37. The zero-order valence-electron chi connectivity index (χ0n) is 13.6. The van der Waals surface area contributed by atoms with E-state index < -0.39 is 29.9 Å². The molecule has 2 N–H and O–H groups in total. The van der Waals surface area contributed by atoms with E-state index in [0.29, 0.717) is 0 Å². The van der Waals surface area contributed by atoms with E-state index in [0.717, 1.165) is 10.5 Å². The van der Waals surface area contributed by atoms with Crippen molar-refractivity contribution in [1.29, 1.82) is 0 Å². The van der Waals surface area contributed by atoms with Gasteiger partial charge in [0, 0.05) is 5.75 Å². The third kappa shape index (κ3) is 3.93. The molecule has 0 radical (unpaired) electrons. The third-order valence-electron chi connectivity index (χ3n) is 3.96. The van der Waals surface area contributed by atoms with Crippen LogP contribution in [0.3, 0.4) is 0 Å². The maximum Gasteiger partial charge on any atom is 1.00 e. The standard InChI is InChI=1S/C16H16N2O5S.Na/c19-7-10-8-24-15-12(14(21)18(15)13(10)16(22)23)17-11(20)6-9-4-2-1-3-5-9;/h1-5,12,15,19H,6-8H2,(H,17,20)(H,22,23);/q;+1/p-1/t12?,15-;/m1./s1. The average molecular weight is 370 g/mol. The van der Waals surface area contributed by atoms with E-state index in [4.69, 9.17) is 0 Å². The summed E-state index contributed by atoms with van der Waals surface area (Å²) < 4.78 is 0. The Kier molecular flexibility index (Phi) is 6.70. The minimum atomic E-state index is -1.49. The summed E-state index contributed by atoms with van der Waals surface area (Å²) in [5, 5.41) is 22.7. The largest absolute Gasteiger partial charge is 1.00 e. The zero-order valence-corrected chi connectivity index (χ0v) is 16.4. The van der Waals surface area contributed by atoms with E-state index in [-0.39, 0.29) is 58.9 Å². The van der Waals surface area contributed by atoms with Crippen LogP contribution in [0, 0.1) is 0 Å². The summed E-state index contributed by atoms with van der Waals surface area (Å²) in [6.45, 7) is -0.447. The zero-order chi connectivity index (χ0) is 17.3. The number of rotatable bonds is 5. The van der Waals surface area contributed by atoms with Gasteiger partial charge in [-0.15, -0.1) is 11.8 Å². The first-order valence-electron chi connectivity index (χ1n) is 7.35. The molecule has 25 heavy (non-hydrogen) atoms. The number of thioether (sulfide) groups is 1. The molecule has 0 bridgehead atoms. The molecule has 2 aliphatic heterocycles. The Morgan fingerprint density at radius 3 is 2.60 bits per heavy atom. The SMILES string of the molecule is O=C(Cc1ccccc1)NC1C(=O)N2C(C(=O)[O-])=C(CO)CS[C@H]12.[Na+]. The number of amides is 2. The first-order chi connectivity index (χ1) is 11.5. The second-order valence-corrected chi connectivity index (χ2v) is 6.62. The number of fused-ring (bicyclic) bond motifs is 1. The number of benzene rings is 1. The van der Waals surface area contributed by atoms with Crippen molar-refractivity contribution in [2.75, 3.05) is 12.4 Å². The van der Waals surface area contributed by atoms with Gasteiger partial charge in [-0.2, -0.15) is 0 Å². The molecule has 7 nitrogen and oxygen atoms in total. The Labute approximate surface area is 170 Å². The Balaban J connectivity index is 0.00000225. The minimum absolute atomic E-state index is 0. The molecule has 2 heterocycles. The molecule has 1 aromatic carbocycles. The number of aliphatic hydroxyl groups is 1. The van der Waals surface area contributed by atoms with Crippen LogP contribution in [0.15, 0.2) is 41.6 Å². The predicted octanol–water partition coefficient (Wildman–Crippen LogP) is -4.37. The number of aliphatic carboxylic acids is 1. The molecule has 1 saturated heterocycles. The van der Waals surface area contributed by atoms with Crippen LogP contribution < -0.4 is 40.0 Å². The molecular formula is C16H15N2NaO5S. The van der Waals surface area contributed by atoms with Crippen molar-refractivity contribution in [1.82, 2.24) is 10.2 Å². The monoisotopic (exact) mass is 370 g/mol. The fourth-order valence-electron chi connectivity index (χ4n) is 2.80. The van der Waals surface area contributed by atoms with E-state index in [1.807, 2.05) is 30.3 Å². The summed E-state index contributed by atoms with van der Waals surface area (Å²) in [6, 6.07) is 8.36. The molecule has 2 aliphatic rings. The van der Waals surface area contributed by atoms with Gasteiger partial charge in [0.1, 0.15) is 11.4 Å².